The minimum atomic E-state index is -0.295. The first kappa shape index (κ1) is 22.5. The molecule has 0 bridgehead atoms. The van der Waals surface area contributed by atoms with E-state index in [0.717, 1.165) is 28.5 Å². The van der Waals surface area contributed by atoms with Gasteiger partial charge in [-0.25, -0.2) is 5.43 Å². The molecule has 0 aliphatic rings. The van der Waals surface area contributed by atoms with Gasteiger partial charge in [-0.05, 0) is 105 Å². The summed E-state index contributed by atoms with van der Waals surface area (Å²) in [5, 5.41) is 4.62. The van der Waals surface area contributed by atoms with Crippen LogP contribution in [0.2, 0.25) is 5.02 Å². The van der Waals surface area contributed by atoms with Crippen molar-refractivity contribution < 1.29 is 9.53 Å². The maximum atomic E-state index is 12.1. The molecule has 148 valence electrons. The SMILES string of the molecule is O=C(N/N=C/c1cc(I)c(OCc2ccc(Br)cc2)c(I)c1)c1ccc(Cl)cc1. The van der Waals surface area contributed by atoms with Crippen LogP contribution < -0.4 is 10.2 Å². The fourth-order valence-electron chi connectivity index (χ4n) is 2.36. The van der Waals surface area contributed by atoms with Crippen molar-refractivity contribution in [2.75, 3.05) is 0 Å². The first-order valence-corrected chi connectivity index (χ1v) is 11.7. The van der Waals surface area contributed by atoms with Crippen molar-refractivity contribution in [3.8, 4) is 5.75 Å². The van der Waals surface area contributed by atoms with E-state index in [-0.39, 0.29) is 5.91 Å². The lowest BCUT2D eigenvalue weighted by atomic mass is 10.2. The van der Waals surface area contributed by atoms with Crippen LogP contribution in [0, 0.1) is 7.14 Å². The third-order valence-electron chi connectivity index (χ3n) is 3.80. The molecule has 0 aliphatic carbocycles. The standard InChI is InChI=1S/C21H14BrClI2N2O2/c22-16-5-1-13(2-6-16)12-29-20-18(24)9-14(10-19(20)25)11-26-27-21(28)15-3-7-17(23)8-4-15/h1-11H,12H2,(H,27,28)/b26-11+. The number of rotatable bonds is 6. The zero-order valence-corrected chi connectivity index (χ0v) is 21.5. The Morgan fingerprint density at radius 2 is 1.69 bits per heavy atom. The highest BCUT2D eigenvalue weighted by atomic mass is 127. The molecule has 0 aliphatic heterocycles. The van der Waals surface area contributed by atoms with E-state index in [2.05, 4.69) is 71.6 Å². The van der Waals surface area contributed by atoms with Crippen LogP contribution in [0.4, 0.5) is 0 Å². The van der Waals surface area contributed by atoms with Gasteiger partial charge < -0.3 is 4.74 Å². The Balaban J connectivity index is 1.63. The van der Waals surface area contributed by atoms with Crippen molar-refractivity contribution in [3.63, 3.8) is 0 Å². The van der Waals surface area contributed by atoms with E-state index in [1.165, 1.54) is 0 Å². The van der Waals surface area contributed by atoms with Crippen LogP contribution in [0.3, 0.4) is 0 Å². The van der Waals surface area contributed by atoms with Crippen LogP contribution in [0.15, 0.2) is 70.2 Å². The largest absolute Gasteiger partial charge is 0.487 e. The topological polar surface area (TPSA) is 50.7 Å². The number of hydrazone groups is 1. The molecule has 8 heteroatoms. The zero-order valence-electron chi connectivity index (χ0n) is 14.8. The van der Waals surface area contributed by atoms with E-state index >= 15 is 0 Å². The average molecular weight is 696 g/mol. The number of nitrogens with one attached hydrogen (secondary N) is 1. The maximum absolute atomic E-state index is 12.1. The van der Waals surface area contributed by atoms with Crippen molar-refractivity contribution in [3.05, 3.63) is 94.0 Å². The van der Waals surface area contributed by atoms with Gasteiger partial charge in [-0.2, -0.15) is 5.10 Å². The number of halogens is 4. The van der Waals surface area contributed by atoms with Crippen LogP contribution >= 0.6 is 72.7 Å². The molecule has 3 aromatic carbocycles. The highest BCUT2D eigenvalue weighted by Gasteiger charge is 2.09. The number of nitrogens with zero attached hydrogens (tertiary/aromatic N) is 1. The van der Waals surface area contributed by atoms with Gasteiger partial charge in [0.05, 0.1) is 13.4 Å². The minimum Gasteiger partial charge on any atom is -0.487 e. The molecule has 4 nitrogen and oxygen atoms in total. The van der Waals surface area contributed by atoms with Crippen LogP contribution in [-0.2, 0) is 6.61 Å². The summed E-state index contributed by atoms with van der Waals surface area (Å²) < 4.78 is 8.98. The first-order chi connectivity index (χ1) is 13.9. The van der Waals surface area contributed by atoms with Crippen molar-refractivity contribution >= 4 is 84.8 Å². The van der Waals surface area contributed by atoms with E-state index in [9.17, 15) is 4.79 Å². The van der Waals surface area contributed by atoms with E-state index in [1.807, 2.05) is 36.4 Å². The van der Waals surface area contributed by atoms with E-state index in [1.54, 1.807) is 30.5 Å². The predicted molar refractivity (Wildman–Crippen MR) is 137 cm³/mol. The number of ether oxygens (including phenoxy) is 1. The van der Waals surface area contributed by atoms with Gasteiger partial charge in [-0.15, -0.1) is 0 Å². The molecule has 0 atom stereocenters. The lowest BCUT2D eigenvalue weighted by molar-refractivity contribution is 0.0955. The van der Waals surface area contributed by atoms with Crippen molar-refractivity contribution in [2.24, 2.45) is 5.10 Å². The van der Waals surface area contributed by atoms with E-state index in [4.69, 9.17) is 16.3 Å². The highest BCUT2D eigenvalue weighted by molar-refractivity contribution is 14.1. The molecule has 1 amide bonds. The molecule has 0 spiro atoms. The first-order valence-electron chi connectivity index (χ1n) is 8.37. The second-order valence-electron chi connectivity index (χ2n) is 5.93. The number of benzene rings is 3. The Hall–Kier alpha value is -1.17. The maximum Gasteiger partial charge on any atom is 0.271 e. The normalized spacial score (nSPS) is 10.9. The number of hydrogen-bond acceptors (Lipinski definition) is 3. The monoisotopic (exact) mass is 694 g/mol. The number of carbonyl (C=O) groups is 1. The smallest absolute Gasteiger partial charge is 0.271 e. The molecule has 0 aromatic heterocycles. The minimum absolute atomic E-state index is 0.295. The molecule has 0 unspecified atom stereocenters. The average Bonchev–Trinajstić information content (AvgIpc) is 2.69. The fourth-order valence-corrected chi connectivity index (χ4v) is 4.88. The van der Waals surface area contributed by atoms with Gasteiger partial charge in [0.1, 0.15) is 12.4 Å². The van der Waals surface area contributed by atoms with Crippen LogP contribution in [0.1, 0.15) is 21.5 Å². The summed E-state index contributed by atoms with van der Waals surface area (Å²) in [6, 6.07) is 18.6. The second-order valence-corrected chi connectivity index (χ2v) is 9.61. The molecule has 0 saturated carbocycles. The third kappa shape index (κ3) is 6.66. The molecule has 0 fully saturated rings. The Bertz CT molecular complexity index is 1020. The van der Waals surface area contributed by atoms with Crippen LogP contribution in [0.5, 0.6) is 5.75 Å². The van der Waals surface area contributed by atoms with Crippen LogP contribution in [0.25, 0.3) is 0 Å². The van der Waals surface area contributed by atoms with E-state index in [0.29, 0.717) is 17.2 Å². The summed E-state index contributed by atoms with van der Waals surface area (Å²) in [6.45, 7) is 0.490. The summed E-state index contributed by atoms with van der Waals surface area (Å²) >= 11 is 13.7. The highest BCUT2D eigenvalue weighted by Crippen LogP contribution is 2.29. The summed E-state index contributed by atoms with van der Waals surface area (Å²) in [6.07, 6.45) is 1.61. The molecular weight excluding hydrogens is 681 g/mol. The third-order valence-corrected chi connectivity index (χ3v) is 6.19. The summed E-state index contributed by atoms with van der Waals surface area (Å²) in [5.41, 5.74) is 4.97. The van der Waals surface area contributed by atoms with Crippen molar-refractivity contribution in [2.45, 2.75) is 6.61 Å². The number of hydrogen-bond donors (Lipinski definition) is 1. The Morgan fingerprint density at radius 3 is 2.31 bits per heavy atom. The van der Waals surface area contributed by atoms with Gasteiger partial charge in [-0.3, -0.25) is 4.79 Å². The second kappa shape index (κ2) is 10.7. The summed E-state index contributed by atoms with van der Waals surface area (Å²) in [4.78, 5) is 12.1. The molecule has 3 aromatic rings. The number of amides is 1. The van der Waals surface area contributed by atoms with Gasteiger partial charge in [-0.1, -0.05) is 39.7 Å². The summed E-state index contributed by atoms with van der Waals surface area (Å²) in [5.74, 6) is 0.535. The molecule has 0 radical (unpaired) electrons. The lowest BCUT2D eigenvalue weighted by Crippen LogP contribution is -2.17. The van der Waals surface area contributed by atoms with Gasteiger partial charge in [0, 0.05) is 15.1 Å². The lowest BCUT2D eigenvalue weighted by Gasteiger charge is -2.11. The fraction of sp³-hybridized carbons (Fsp3) is 0.0476. The van der Waals surface area contributed by atoms with Gasteiger partial charge in [0.25, 0.3) is 5.91 Å². The van der Waals surface area contributed by atoms with Gasteiger partial charge in [0.15, 0.2) is 0 Å². The molecule has 0 saturated heterocycles. The Kier molecular flexibility index (Phi) is 8.34. The van der Waals surface area contributed by atoms with Crippen molar-refractivity contribution in [1.82, 2.24) is 5.43 Å². The Morgan fingerprint density at radius 1 is 1.07 bits per heavy atom. The molecule has 29 heavy (non-hydrogen) atoms. The zero-order chi connectivity index (χ0) is 20.8. The number of carbonyl (C=O) groups excluding carboxylic acids is 1. The molecule has 1 N–H and O–H groups in total. The molecule has 3 rings (SSSR count). The van der Waals surface area contributed by atoms with E-state index < -0.39 is 0 Å². The Labute approximate surface area is 209 Å². The van der Waals surface area contributed by atoms with Gasteiger partial charge in [0.2, 0.25) is 0 Å². The van der Waals surface area contributed by atoms with Crippen molar-refractivity contribution in [1.29, 1.82) is 0 Å². The molecular formula is C21H14BrClI2N2O2. The summed E-state index contributed by atoms with van der Waals surface area (Å²) in [7, 11) is 0. The quantitative estimate of drug-likeness (QED) is 0.178. The molecule has 0 heterocycles. The predicted octanol–water partition coefficient (Wildman–Crippen LogP) is 6.65. The van der Waals surface area contributed by atoms with Gasteiger partial charge >= 0.3 is 0 Å². The van der Waals surface area contributed by atoms with Crippen LogP contribution in [-0.4, -0.2) is 12.1 Å².